The summed E-state index contributed by atoms with van der Waals surface area (Å²) in [4.78, 5) is 25.7. The topological polar surface area (TPSA) is 119 Å². The van der Waals surface area contributed by atoms with Gasteiger partial charge in [0.15, 0.2) is 15.7 Å². The maximum Gasteiger partial charge on any atom is 0.235 e. The number of ether oxygens (including phenoxy) is 1. The van der Waals surface area contributed by atoms with Gasteiger partial charge in [0, 0.05) is 25.9 Å². The van der Waals surface area contributed by atoms with Gasteiger partial charge in [0.2, 0.25) is 11.8 Å². The van der Waals surface area contributed by atoms with Gasteiger partial charge in [0.05, 0.1) is 23.0 Å². The van der Waals surface area contributed by atoms with E-state index in [2.05, 4.69) is 10.5 Å². The summed E-state index contributed by atoms with van der Waals surface area (Å²) in [5.74, 6) is 1.38. The summed E-state index contributed by atoms with van der Waals surface area (Å²) in [6.45, 7) is 2.55. The van der Waals surface area contributed by atoms with E-state index in [0.717, 1.165) is 6.26 Å². The minimum Gasteiger partial charge on any atom is -0.493 e. The van der Waals surface area contributed by atoms with Crippen LogP contribution in [0.2, 0.25) is 0 Å². The highest BCUT2D eigenvalue weighted by Crippen LogP contribution is 2.17. The second kappa shape index (κ2) is 11.0. The molecular formula is C19H25N3O6S2. The molecule has 0 aliphatic carbocycles. The lowest BCUT2D eigenvalue weighted by molar-refractivity contribution is -0.127. The number of carbonyl (C=O) groups is 2. The third-order valence-corrected chi connectivity index (χ3v) is 5.95. The van der Waals surface area contributed by atoms with E-state index in [4.69, 9.17) is 9.26 Å². The number of rotatable bonds is 11. The molecular weight excluding hydrogens is 430 g/mol. The molecule has 30 heavy (non-hydrogen) atoms. The molecule has 2 aromatic rings. The molecule has 0 spiro atoms. The number of amides is 2. The SMILES string of the molecule is Cc1cc(NC(=O)CSCC(=O)N(C)CCCOc2cccc(S(C)(=O)=O)c2)no1. The lowest BCUT2D eigenvalue weighted by Gasteiger charge is -2.17. The summed E-state index contributed by atoms with van der Waals surface area (Å²) in [6, 6.07) is 7.91. The van der Waals surface area contributed by atoms with Crippen molar-refractivity contribution in [2.75, 3.05) is 43.3 Å². The minimum absolute atomic E-state index is 0.0934. The number of benzene rings is 1. The van der Waals surface area contributed by atoms with Crippen LogP contribution < -0.4 is 10.1 Å². The summed E-state index contributed by atoms with van der Waals surface area (Å²) in [5, 5.41) is 6.27. The highest BCUT2D eigenvalue weighted by atomic mass is 32.2. The fourth-order valence-corrected chi connectivity index (χ4v) is 3.77. The molecule has 0 saturated carbocycles. The first-order valence-electron chi connectivity index (χ1n) is 9.13. The van der Waals surface area contributed by atoms with Crippen LogP contribution >= 0.6 is 11.8 Å². The smallest absolute Gasteiger partial charge is 0.235 e. The van der Waals surface area contributed by atoms with E-state index in [1.807, 2.05) is 0 Å². The Bertz CT molecular complexity index is 974. The number of aryl methyl sites for hydroxylation is 1. The second-order valence-corrected chi connectivity index (χ2v) is 9.63. The summed E-state index contributed by atoms with van der Waals surface area (Å²) in [5.41, 5.74) is 0. The van der Waals surface area contributed by atoms with Crippen LogP contribution in [0.1, 0.15) is 12.2 Å². The average Bonchev–Trinajstić information content (AvgIpc) is 3.09. The molecule has 1 N–H and O–H groups in total. The predicted molar refractivity (Wildman–Crippen MR) is 114 cm³/mol. The Kier molecular flexibility index (Phi) is 8.72. The molecule has 0 saturated heterocycles. The molecule has 9 nitrogen and oxygen atoms in total. The highest BCUT2D eigenvalue weighted by molar-refractivity contribution is 8.00. The lowest BCUT2D eigenvalue weighted by atomic mass is 10.3. The number of aromatic nitrogens is 1. The molecule has 0 fully saturated rings. The van der Waals surface area contributed by atoms with Gasteiger partial charge in [-0.1, -0.05) is 11.2 Å². The van der Waals surface area contributed by atoms with Crippen LogP contribution in [0.3, 0.4) is 0 Å². The Balaban J connectivity index is 1.63. The van der Waals surface area contributed by atoms with Crippen molar-refractivity contribution < 1.29 is 27.3 Å². The monoisotopic (exact) mass is 455 g/mol. The van der Waals surface area contributed by atoms with Crippen molar-refractivity contribution in [2.45, 2.75) is 18.2 Å². The quantitative estimate of drug-likeness (QED) is 0.511. The van der Waals surface area contributed by atoms with Crippen LogP contribution in [-0.4, -0.2) is 68.2 Å². The molecule has 0 unspecified atom stereocenters. The molecule has 1 aromatic heterocycles. The summed E-state index contributed by atoms with van der Waals surface area (Å²) in [7, 11) is -1.60. The first-order chi connectivity index (χ1) is 14.1. The van der Waals surface area contributed by atoms with E-state index in [9.17, 15) is 18.0 Å². The fraction of sp³-hybridized carbons (Fsp3) is 0.421. The van der Waals surface area contributed by atoms with Crippen LogP contribution in [0.15, 0.2) is 39.8 Å². The van der Waals surface area contributed by atoms with E-state index >= 15 is 0 Å². The van der Waals surface area contributed by atoms with Gasteiger partial charge in [-0.3, -0.25) is 9.59 Å². The first kappa shape index (κ1) is 23.7. The molecule has 1 aromatic carbocycles. The minimum atomic E-state index is -3.28. The molecule has 2 rings (SSSR count). The zero-order valence-electron chi connectivity index (χ0n) is 17.1. The number of anilines is 1. The number of hydrogen-bond acceptors (Lipinski definition) is 8. The molecule has 0 aliphatic heterocycles. The maximum atomic E-state index is 12.1. The van der Waals surface area contributed by atoms with Gasteiger partial charge in [-0.05, 0) is 31.5 Å². The summed E-state index contributed by atoms with van der Waals surface area (Å²) < 4.78 is 33.6. The van der Waals surface area contributed by atoms with Crippen molar-refractivity contribution in [3.8, 4) is 5.75 Å². The molecule has 0 atom stereocenters. The maximum absolute atomic E-state index is 12.1. The number of sulfone groups is 1. The summed E-state index contributed by atoms with van der Waals surface area (Å²) in [6.07, 6.45) is 1.73. The van der Waals surface area contributed by atoms with Gasteiger partial charge < -0.3 is 19.5 Å². The van der Waals surface area contributed by atoms with Gasteiger partial charge in [-0.25, -0.2) is 8.42 Å². The van der Waals surface area contributed by atoms with Crippen molar-refractivity contribution in [1.29, 1.82) is 0 Å². The molecule has 0 radical (unpaired) electrons. The van der Waals surface area contributed by atoms with Crippen LogP contribution in [0.5, 0.6) is 5.75 Å². The van der Waals surface area contributed by atoms with Crippen molar-refractivity contribution >= 4 is 39.2 Å². The zero-order chi connectivity index (χ0) is 22.1. The molecule has 164 valence electrons. The zero-order valence-corrected chi connectivity index (χ0v) is 18.7. The Morgan fingerprint density at radius 1 is 1.27 bits per heavy atom. The number of nitrogens with one attached hydrogen (secondary N) is 1. The molecule has 0 aliphatic rings. The Hall–Kier alpha value is -2.53. The molecule has 0 bridgehead atoms. The van der Waals surface area contributed by atoms with Gasteiger partial charge in [-0.2, -0.15) is 0 Å². The van der Waals surface area contributed by atoms with E-state index in [1.165, 1.54) is 23.9 Å². The van der Waals surface area contributed by atoms with Gasteiger partial charge >= 0.3 is 0 Å². The van der Waals surface area contributed by atoms with Gasteiger partial charge in [0.1, 0.15) is 11.5 Å². The highest BCUT2D eigenvalue weighted by Gasteiger charge is 2.12. The largest absolute Gasteiger partial charge is 0.493 e. The standard InChI is InChI=1S/C19H25N3O6S2/c1-14-10-17(21-28-14)20-18(23)12-29-13-19(24)22(2)8-5-9-27-15-6-4-7-16(11-15)30(3,25)26/h4,6-7,10-11H,5,8-9,12-13H2,1-3H3,(H,20,21,23). The number of hydrogen-bond donors (Lipinski definition) is 1. The van der Waals surface area contributed by atoms with E-state index in [-0.39, 0.29) is 28.2 Å². The van der Waals surface area contributed by atoms with Gasteiger partial charge in [-0.15, -0.1) is 11.8 Å². The first-order valence-corrected chi connectivity index (χ1v) is 12.2. The Morgan fingerprint density at radius 3 is 2.70 bits per heavy atom. The number of nitrogens with zero attached hydrogens (tertiary/aromatic N) is 2. The Labute approximate surface area is 180 Å². The average molecular weight is 456 g/mol. The van der Waals surface area contributed by atoms with Gasteiger partial charge in [0.25, 0.3) is 0 Å². The third-order valence-electron chi connectivity index (χ3n) is 3.92. The number of carbonyl (C=O) groups excluding carboxylic acids is 2. The predicted octanol–water partition coefficient (Wildman–Crippen LogP) is 1.99. The van der Waals surface area contributed by atoms with Crippen LogP contribution in [0.4, 0.5) is 5.82 Å². The van der Waals surface area contributed by atoms with E-state index in [1.54, 1.807) is 37.1 Å². The van der Waals surface area contributed by atoms with Crippen molar-refractivity contribution in [3.05, 3.63) is 36.1 Å². The van der Waals surface area contributed by atoms with Crippen LogP contribution in [0, 0.1) is 6.92 Å². The van der Waals surface area contributed by atoms with Crippen molar-refractivity contribution in [3.63, 3.8) is 0 Å². The van der Waals surface area contributed by atoms with Crippen LogP contribution in [-0.2, 0) is 19.4 Å². The molecule has 1 heterocycles. The van der Waals surface area contributed by atoms with Crippen molar-refractivity contribution in [1.82, 2.24) is 10.1 Å². The fourth-order valence-electron chi connectivity index (χ4n) is 2.36. The Morgan fingerprint density at radius 2 is 2.03 bits per heavy atom. The normalized spacial score (nSPS) is 11.2. The van der Waals surface area contributed by atoms with E-state index < -0.39 is 9.84 Å². The lowest BCUT2D eigenvalue weighted by Crippen LogP contribution is -2.30. The number of thioether (sulfide) groups is 1. The molecule has 2 amide bonds. The van der Waals surface area contributed by atoms with E-state index in [0.29, 0.717) is 36.9 Å². The molecule has 11 heteroatoms. The van der Waals surface area contributed by atoms with Crippen LogP contribution in [0.25, 0.3) is 0 Å². The summed E-state index contributed by atoms with van der Waals surface area (Å²) >= 11 is 1.21. The second-order valence-electron chi connectivity index (χ2n) is 6.63. The third kappa shape index (κ3) is 8.07. The van der Waals surface area contributed by atoms with Crippen molar-refractivity contribution in [2.24, 2.45) is 0 Å².